The van der Waals surface area contributed by atoms with Crippen LogP contribution in [0.3, 0.4) is 0 Å². The van der Waals surface area contributed by atoms with E-state index in [2.05, 4.69) is 72.4 Å². The molecule has 0 unspecified atom stereocenters. The normalized spacial score (nSPS) is 10.6. The molecular formula is C27H19Br2FN8O. The number of halogens is 3. The SMILES string of the molecule is COc1ccc2ncnc(Nc3cccc(Br)c3)c2n1.Fc1ccc2ncnc(Nc3cccc(Br)c3)c2n1. The Balaban J connectivity index is 0.000000158. The lowest BCUT2D eigenvalue weighted by molar-refractivity contribution is 0.399. The van der Waals surface area contributed by atoms with E-state index < -0.39 is 5.95 Å². The molecule has 194 valence electrons. The number of benzene rings is 2. The van der Waals surface area contributed by atoms with Gasteiger partial charge in [0.15, 0.2) is 11.6 Å². The molecule has 0 radical (unpaired) electrons. The van der Waals surface area contributed by atoms with Crippen molar-refractivity contribution in [2.24, 2.45) is 0 Å². The van der Waals surface area contributed by atoms with Crippen LogP contribution in [0.2, 0.25) is 0 Å². The number of hydrogen-bond acceptors (Lipinski definition) is 9. The van der Waals surface area contributed by atoms with Gasteiger partial charge in [0, 0.05) is 26.4 Å². The van der Waals surface area contributed by atoms with E-state index in [1.54, 1.807) is 19.2 Å². The Kier molecular flexibility index (Phi) is 8.13. The van der Waals surface area contributed by atoms with E-state index in [0.29, 0.717) is 34.1 Å². The van der Waals surface area contributed by atoms with Gasteiger partial charge in [-0.25, -0.2) is 29.9 Å². The number of methoxy groups -OCH3 is 1. The van der Waals surface area contributed by atoms with Crippen LogP contribution in [0.5, 0.6) is 5.88 Å². The van der Waals surface area contributed by atoms with Crippen LogP contribution in [-0.2, 0) is 0 Å². The fourth-order valence-electron chi connectivity index (χ4n) is 3.54. The first-order valence-corrected chi connectivity index (χ1v) is 13.1. The molecule has 0 aliphatic heterocycles. The predicted molar refractivity (Wildman–Crippen MR) is 156 cm³/mol. The number of ether oxygens (including phenoxy) is 1. The van der Waals surface area contributed by atoms with Gasteiger partial charge >= 0.3 is 0 Å². The van der Waals surface area contributed by atoms with Crippen molar-refractivity contribution in [3.63, 3.8) is 0 Å². The average Bonchev–Trinajstić information content (AvgIpc) is 2.94. The largest absolute Gasteiger partial charge is 0.481 e. The highest BCUT2D eigenvalue weighted by atomic mass is 79.9. The van der Waals surface area contributed by atoms with Gasteiger partial charge in [-0.2, -0.15) is 4.39 Å². The minimum atomic E-state index is -0.556. The molecule has 4 aromatic heterocycles. The molecule has 6 rings (SSSR count). The first-order valence-electron chi connectivity index (χ1n) is 11.5. The number of fused-ring (bicyclic) bond motifs is 2. The van der Waals surface area contributed by atoms with Gasteiger partial charge in [-0.15, -0.1) is 0 Å². The van der Waals surface area contributed by atoms with Crippen LogP contribution in [0.15, 0.2) is 94.4 Å². The zero-order chi connectivity index (χ0) is 27.2. The molecular weight excluding hydrogens is 631 g/mol. The summed E-state index contributed by atoms with van der Waals surface area (Å²) in [6.07, 6.45) is 2.93. The molecule has 2 N–H and O–H groups in total. The maximum Gasteiger partial charge on any atom is 0.213 e. The van der Waals surface area contributed by atoms with Gasteiger partial charge in [0.05, 0.1) is 18.1 Å². The summed E-state index contributed by atoms with van der Waals surface area (Å²) in [6.45, 7) is 0. The quantitative estimate of drug-likeness (QED) is 0.187. The Bertz CT molecular complexity index is 1770. The van der Waals surface area contributed by atoms with Crippen LogP contribution < -0.4 is 15.4 Å². The third kappa shape index (κ3) is 6.59. The van der Waals surface area contributed by atoms with E-state index >= 15 is 0 Å². The van der Waals surface area contributed by atoms with Crippen LogP contribution in [0, 0.1) is 5.95 Å². The van der Waals surface area contributed by atoms with E-state index in [9.17, 15) is 4.39 Å². The van der Waals surface area contributed by atoms with Crippen LogP contribution >= 0.6 is 31.9 Å². The van der Waals surface area contributed by atoms with E-state index in [1.807, 2.05) is 54.6 Å². The third-order valence-electron chi connectivity index (χ3n) is 5.29. The molecule has 0 aliphatic rings. The van der Waals surface area contributed by atoms with Gasteiger partial charge in [0.1, 0.15) is 23.7 Å². The molecule has 6 aromatic rings. The minimum Gasteiger partial charge on any atom is -0.481 e. The van der Waals surface area contributed by atoms with Crippen molar-refractivity contribution >= 4 is 76.9 Å². The average molecular weight is 650 g/mol. The van der Waals surface area contributed by atoms with Crippen LogP contribution in [0.25, 0.3) is 22.1 Å². The van der Waals surface area contributed by atoms with Crippen LogP contribution in [0.4, 0.5) is 27.4 Å². The number of nitrogens with one attached hydrogen (secondary N) is 2. The number of anilines is 4. The molecule has 0 saturated carbocycles. The zero-order valence-electron chi connectivity index (χ0n) is 20.3. The van der Waals surface area contributed by atoms with Crippen LogP contribution in [0.1, 0.15) is 0 Å². The number of nitrogens with zero attached hydrogens (tertiary/aromatic N) is 6. The highest BCUT2D eigenvalue weighted by Gasteiger charge is 2.08. The summed E-state index contributed by atoms with van der Waals surface area (Å²) >= 11 is 6.83. The molecule has 12 heteroatoms. The smallest absolute Gasteiger partial charge is 0.213 e. The lowest BCUT2D eigenvalue weighted by Crippen LogP contribution is -1.98. The first kappa shape index (κ1) is 26.3. The predicted octanol–water partition coefficient (Wildman–Crippen LogP) is 7.21. The molecule has 0 saturated heterocycles. The van der Waals surface area contributed by atoms with Crippen molar-refractivity contribution in [3.8, 4) is 5.88 Å². The Morgan fingerprint density at radius 2 is 1.21 bits per heavy atom. The lowest BCUT2D eigenvalue weighted by atomic mass is 10.3. The minimum absolute atomic E-state index is 0.405. The van der Waals surface area contributed by atoms with E-state index in [1.165, 1.54) is 18.7 Å². The second-order valence-electron chi connectivity index (χ2n) is 7.94. The second kappa shape index (κ2) is 12.0. The Hall–Kier alpha value is -4.29. The summed E-state index contributed by atoms with van der Waals surface area (Å²) in [7, 11) is 1.58. The summed E-state index contributed by atoms with van der Waals surface area (Å²) in [5.74, 6) is 1.10. The summed E-state index contributed by atoms with van der Waals surface area (Å²) in [6, 6.07) is 21.9. The number of aromatic nitrogens is 6. The Morgan fingerprint density at radius 3 is 1.74 bits per heavy atom. The topological polar surface area (TPSA) is 111 Å². The van der Waals surface area contributed by atoms with E-state index in [0.717, 1.165) is 25.8 Å². The number of pyridine rings is 2. The van der Waals surface area contributed by atoms with Gasteiger partial charge in [-0.3, -0.25) is 0 Å². The van der Waals surface area contributed by atoms with Crippen molar-refractivity contribution in [2.75, 3.05) is 17.7 Å². The number of hydrogen-bond donors (Lipinski definition) is 2. The molecule has 4 heterocycles. The highest BCUT2D eigenvalue weighted by Crippen LogP contribution is 2.25. The summed E-state index contributed by atoms with van der Waals surface area (Å²) in [5, 5.41) is 6.34. The monoisotopic (exact) mass is 648 g/mol. The van der Waals surface area contributed by atoms with Crippen molar-refractivity contribution in [2.45, 2.75) is 0 Å². The van der Waals surface area contributed by atoms with Crippen molar-refractivity contribution in [1.82, 2.24) is 29.9 Å². The Morgan fingerprint density at radius 1 is 0.667 bits per heavy atom. The summed E-state index contributed by atoms with van der Waals surface area (Å²) in [4.78, 5) is 24.8. The van der Waals surface area contributed by atoms with Gasteiger partial charge in [0.25, 0.3) is 0 Å². The second-order valence-corrected chi connectivity index (χ2v) is 9.77. The molecule has 0 amide bonds. The molecule has 39 heavy (non-hydrogen) atoms. The molecule has 0 spiro atoms. The Labute approximate surface area is 239 Å². The summed E-state index contributed by atoms with van der Waals surface area (Å²) in [5.41, 5.74) is 4.19. The van der Waals surface area contributed by atoms with Gasteiger partial charge in [0.2, 0.25) is 11.8 Å². The van der Waals surface area contributed by atoms with Gasteiger partial charge < -0.3 is 15.4 Å². The molecule has 0 aliphatic carbocycles. The van der Waals surface area contributed by atoms with Gasteiger partial charge in [-0.1, -0.05) is 44.0 Å². The molecule has 0 fully saturated rings. The molecule has 9 nitrogen and oxygen atoms in total. The third-order valence-corrected chi connectivity index (χ3v) is 6.27. The van der Waals surface area contributed by atoms with Crippen molar-refractivity contribution in [1.29, 1.82) is 0 Å². The van der Waals surface area contributed by atoms with E-state index in [-0.39, 0.29) is 0 Å². The first-order chi connectivity index (χ1) is 19.0. The standard InChI is InChI=1S/C14H11BrN4O.C13H8BrFN4/c1-20-12-6-5-11-13(19-12)14(17-8-16-11)18-10-4-2-3-9(15)7-10;14-8-2-1-3-9(6-8)18-13-12-10(16-7-17-13)4-5-11(15)19-12/h2-8H,1H3,(H,16,17,18);1-7H,(H,16,17,18). The fraction of sp³-hybridized carbons (Fsp3) is 0.0370. The zero-order valence-corrected chi connectivity index (χ0v) is 23.5. The number of rotatable bonds is 5. The highest BCUT2D eigenvalue weighted by molar-refractivity contribution is 9.10. The van der Waals surface area contributed by atoms with Crippen molar-refractivity contribution in [3.05, 3.63) is 100 Å². The van der Waals surface area contributed by atoms with Crippen LogP contribution in [-0.4, -0.2) is 37.0 Å². The maximum absolute atomic E-state index is 13.2. The molecule has 0 bridgehead atoms. The summed E-state index contributed by atoms with van der Waals surface area (Å²) < 4.78 is 20.3. The van der Waals surface area contributed by atoms with Crippen molar-refractivity contribution < 1.29 is 9.13 Å². The van der Waals surface area contributed by atoms with E-state index in [4.69, 9.17) is 4.74 Å². The lowest BCUT2D eigenvalue weighted by Gasteiger charge is -2.08. The maximum atomic E-state index is 13.2. The molecule has 0 atom stereocenters. The molecule has 2 aromatic carbocycles. The fourth-order valence-corrected chi connectivity index (χ4v) is 4.34. The van der Waals surface area contributed by atoms with Gasteiger partial charge in [-0.05, 0) is 54.6 Å².